The van der Waals surface area contributed by atoms with Crippen LogP contribution in [0, 0.1) is 0 Å². The van der Waals surface area contributed by atoms with Gasteiger partial charge in [-0.2, -0.15) is 0 Å². The lowest BCUT2D eigenvalue weighted by Crippen LogP contribution is -2.39. The Labute approximate surface area is 247 Å². The summed E-state index contributed by atoms with van der Waals surface area (Å²) in [6.45, 7) is 4.27. The van der Waals surface area contributed by atoms with Crippen LogP contribution in [0.2, 0.25) is 0 Å². The number of allylic oxidation sites excluding steroid dienone is 1. The van der Waals surface area contributed by atoms with Gasteiger partial charge in [0.05, 0.1) is 32.9 Å². The molecule has 0 fully saturated rings. The zero-order chi connectivity index (χ0) is 28.5. The Bertz CT molecular complexity index is 1860. The minimum absolute atomic E-state index is 0.118. The number of thiazole rings is 1. The SMILES string of the molecule is CCOC(=O)C1=C(C)N=c2sc(=Cc3ccc(OCc4ccccc4)c(Br)c3)c(=O)n2C1c1ccc2c(c1)OCO2. The number of rotatable bonds is 7. The van der Waals surface area contributed by atoms with Crippen LogP contribution >= 0.6 is 27.3 Å². The molecule has 0 saturated heterocycles. The standard InChI is InChI=1S/C31H25BrN2O6S/c1-3-37-30(36)27-18(2)33-31-34(28(27)21-10-12-24-25(15-21)40-17-39-24)29(35)26(41-31)14-20-9-11-23(22(32)13-20)38-16-19-7-5-4-6-8-19/h4-15,28H,3,16-17H2,1-2H3. The number of hydrogen-bond acceptors (Lipinski definition) is 8. The van der Waals surface area contributed by atoms with E-state index in [1.165, 1.54) is 11.3 Å². The molecule has 1 unspecified atom stereocenters. The Morgan fingerprint density at radius 3 is 2.71 bits per heavy atom. The van der Waals surface area contributed by atoms with E-state index >= 15 is 0 Å². The van der Waals surface area contributed by atoms with Crippen molar-refractivity contribution >= 4 is 39.3 Å². The summed E-state index contributed by atoms with van der Waals surface area (Å²) < 4.78 is 25.2. The van der Waals surface area contributed by atoms with E-state index in [0.29, 0.717) is 50.0 Å². The Kier molecular flexibility index (Phi) is 7.51. The Balaban J connectivity index is 1.39. The van der Waals surface area contributed by atoms with Crippen LogP contribution in [-0.4, -0.2) is 23.9 Å². The molecule has 1 aromatic heterocycles. The molecule has 10 heteroatoms. The number of halogens is 1. The minimum atomic E-state index is -0.734. The van der Waals surface area contributed by atoms with Gasteiger partial charge >= 0.3 is 5.97 Å². The van der Waals surface area contributed by atoms with Gasteiger partial charge in [0.1, 0.15) is 12.4 Å². The lowest BCUT2D eigenvalue weighted by atomic mass is 9.95. The maximum Gasteiger partial charge on any atom is 0.338 e. The lowest BCUT2D eigenvalue weighted by Gasteiger charge is -2.24. The van der Waals surface area contributed by atoms with Crippen molar-refractivity contribution in [1.82, 2.24) is 4.57 Å². The molecule has 2 aliphatic heterocycles. The van der Waals surface area contributed by atoms with E-state index in [9.17, 15) is 9.59 Å². The lowest BCUT2D eigenvalue weighted by molar-refractivity contribution is -0.139. The van der Waals surface area contributed by atoms with Crippen LogP contribution in [0.4, 0.5) is 0 Å². The van der Waals surface area contributed by atoms with E-state index in [0.717, 1.165) is 15.6 Å². The number of benzene rings is 3. The van der Waals surface area contributed by atoms with Gasteiger partial charge in [-0.05, 0) is 76.8 Å². The largest absolute Gasteiger partial charge is 0.488 e. The van der Waals surface area contributed by atoms with Crippen molar-refractivity contribution < 1.29 is 23.7 Å². The second-order valence-corrected chi connectivity index (χ2v) is 11.2. The fraction of sp³-hybridized carbons (Fsp3) is 0.194. The minimum Gasteiger partial charge on any atom is -0.488 e. The van der Waals surface area contributed by atoms with Crippen LogP contribution in [-0.2, 0) is 16.1 Å². The first-order chi connectivity index (χ1) is 19.9. The normalized spacial score (nSPS) is 15.9. The topological polar surface area (TPSA) is 88.4 Å². The molecule has 4 aromatic rings. The third-order valence-corrected chi connectivity index (χ3v) is 8.32. The van der Waals surface area contributed by atoms with Crippen LogP contribution in [0.5, 0.6) is 17.2 Å². The van der Waals surface area contributed by atoms with Crippen LogP contribution in [0.3, 0.4) is 0 Å². The average Bonchev–Trinajstić information content (AvgIpc) is 3.56. The van der Waals surface area contributed by atoms with Crippen molar-refractivity contribution in [2.24, 2.45) is 4.99 Å². The second kappa shape index (κ2) is 11.4. The predicted molar refractivity (Wildman–Crippen MR) is 158 cm³/mol. The molecule has 0 spiro atoms. The number of fused-ring (bicyclic) bond motifs is 2. The molecule has 0 aliphatic carbocycles. The highest BCUT2D eigenvalue weighted by Crippen LogP contribution is 2.38. The summed E-state index contributed by atoms with van der Waals surface area (Å²) in [6, 6.07) is 20.3. The molecule has 0 saturated carbocycles. The molecular weight excluding hydrogens is 608 g/mol. The Hall–Kier alpha value is -4.15. The van der Waals surface area contributed by atoms with Crippen LogP contribution < -0.4 is 29.1 Å². The smallest absolute Gasteiger partial charge is 0.338 e. The van der Waals surface area contributed by atoms with Crippen LogP contribution in [0.1, 0.15) is 36.6 Å². The van der Waals surface area contributed by atoms with Gasteiger partial charge in [-0.15, -0.1) is 0 Å². The highest BCUT2D eigenvalue weighted by molar-refractivity contribution is 9.10. The van der Waals surface area contributed by atoms with Gasteiger partial charge in [-0.25, -0.2) is 9.79 Å². The molecule has 1 atom stereocenters. The molecule has 2 aliphatic rings. The van der Waals surface area contributed by atoms with Crippen molar-refractivity contribution in [3.63, 3.8) is 0 Å². The summed E-state index contributed by atoms with van der Waals surface area (Å²) >= 11 is 4.87. The molecule has 3 aromatic carbocycles. The van der Waals surface area contributed by atoms with Gasteiger partial charge in [0.15, 0.2) is 16.3 Å². The molecule has 0 radical (unpaired) electrons. The van der Waals surface area contributed by atoms with Crippen LogP contribution in [0.15, 0.2) is 92.3 Å². The second-order valence-electron chi connectivity index (χ2n) is 9.38. The number of aromatic nitrogens is 1. The van der Waals surface area contributed by atoms with E-state index in [4.69, 9.17) is 18.9 Å². The van der Waals surface area contributed by atoms with Gasteiger partial charge < -0.3 is 18.9 Å². The van der Waals surface area contributed by atoms with Crippen molar-refractivity contribution in [2.45, 2.75) is 26.5 Å². The van der Waals surface area contributed by atoms with E-state index in [2.05, 4.69) is 20.9 Å². The predicted octanol–water partition coefficient (Wildman–Crippen LogP) is 4.87. The zero-order valence-corrected chi connectivity index (χ0v) is 24.7. The summed E-state index contributed by atoms with van der Waals surface area (Å²) in [5.74, 6) is 1.36. The van der Waals surface area contributed by atoms with Crippen molar-refractivity contribution in [2.75, 3.05) is 13.4 Å². The maximum absolute atomic E-state index is 13.9. The van der Waals surface area contributed by atoms with Gasteiger partial charge in [0, 0.05) is 0 Å². The average molecular weight is 634 g/mol. The molecule has 208 valence electrons. The number of ether oxygens (including phenoxy) is 4. The molecule has 8 nitrogen and oxygen atoms in total. The first-order valence-electron chi connectivity index (χ1n) is 13.0. The quantitative estimate of drug-likeness (QED) is 0.270. The van der Waals surface area contributed by atoms with E-state index in [1.807, 2.05) is 60.7 Å². The van der Waals surface area contributed by atoms with Gasteiger partial charge in [0.25, 0.3) is 5.56 Å². The number of esters is 1. The van der Waals surface area contributed by atoms with Gasteiger partial charge in [0.2, 0.25) is 6.79 Å². The van der Waals surface area contributed by atoms with Crippen LogP contribution in [0.25, 0.3) is 6.08 Å². The molecule has 6 rings (SSSR count). The summed E-state index contributed by atoms with van der Waals surface area (Å²) in [6.07, 6.45) is 1.82. The van der Waals surface area contributed by atoms with E-state index in [-0.39, 0.29) is 19.0 Å². The number of carbonyl (C=O) groups excluding carboxylic acids is 1. The molecule has 0 bridgehead atoms. The monoisotopic (exact) mass is 632 g/mol. The first-order valence-corrected chi connectivity index (χ1v) is 14.6. The summed E-state index contributed by atoms with van der Waals surface area (Å²) in [7, 11) is 0. The van der Waals surface area contributed by atoms with Gasteiger partial charge in [-0.3, -0.25) is 9.36 Å². The third kappa shape index (κ3) is 5.32. The molecule has 0 N–H and O–H groups in total. The number of carbonyl (C=O) groups is 1. The van der Waals surface area contributed by atoms with E-state index < -0.39 is 12.0 Å². The van der Waals surface area contributed by atoms with Crippen molar-refractivity contribution in [3.8, 4) is 17.2 Å². The molecule has 41 heavy (non-hydrogen) atoms. The summed E-state index contributed by atoms with van der Waals surface area (Å²) in [5.41, 5.74) is 3.14. The van der Waals surface area contributed by atoms with Gasteiger partial charge in [-0.1, -0.05) is 53.8 Å². The maximum atomic E-state index is 13.9. The molecule has 0 amide bonds. The first kappa shape index (κ1) is 27.0. The highest BCUT2D eigenvalue weighted by Gasteiger charge is 2.34. The number of hydrogen-bond donors (Lipinski definition) is 0. The zero-order valence-electron chi connectivity index (χ0n) is 22.3. The fourth-order valence-corrected chi connectivity index (χ4v) is 6.36. The summed E-state index contributed by atoms with van der Waals surface area (Å²) in [5, 5.41) is 0. The highest BCUT2D eigenvalue weighted by atomic mass is 79.9. The van der Waals surface area contributed by atoms with Crippen molar-refractivity contribution in [3.05, 3.63) is 119 Å². The third-order valence-electron chi connectivity index (χ3n) is 6.72. The Morgan fingerprint density at radius 1 is 1.12 bits per heavy atom. The molecule has 3 heterocycles. The summed E-state index contributed by atoms with van der Waals surface area (Å²) in [4.78, 5) is 32.2. The fourth-order valence-electron chi connectivity index (χ4n) is 4.80. The Morgan fingerprint density at radius 2 is 1.93 bits per heavy atom. The number of nitrogens with zero attached hydrogens (tertiary/aromatic N) is 2. The van der Waals surface area contributed by atoms with E-state index in [1.54, 1.807) is 30.5 Å². The van der Waals surface area contributed by atoms with Crippen molar-refractivity contribution in [1.29, 1.82) is 0 Å². The molecular formula is C31H25BrN2O6S.